The minimum absolute atomic E-state index is 0.298. The second-order valence-corrected chi connectivity index (χ2v) is 4.01. The second-order valence-electron chi connectivity index (χ2n) is 3.64. The average Bonchev–Trinajstić information content (AvgIpc) is 2.24. The van der Waals surface area contributed by atoms with Gasteiger partial charge in [0.05, 0.1) is 6.61 Å². The first kappa shape index (κ1) is 12.3. The Hall–Kier alpha value is -0.770. The Balaban J connectivity index is 3.26. The SMILES string of the molecule is Cc1c(C)c(Cl)c(C)c(CCON)c1O. The van der Waals surface area contributed by atoms with Gasteiger partial charge in [-0.2, -0.15) is 0 Å². The van der Waals surface area contributed by atoms with Gasteiger partial charge in [-0.3, -0.25) is 0 Å². The van der Waals surface area contributed by atoms with E-state index < -0.39 is 0 Å². The van der Waals surface area contributed by atoms with Gasteiger partial charge >= 0.3 is 0 Å². The van der Waals surface area contributed by atoms with Gasteiger partial charge < -0.3 is 9.94 Å². The van der Waals surface area contributed by atoms with Gasteiger partial charge in [-0.15, -0.1) is 0 Å². The minimum atomic E-state index is 0.298. The van der Waals surface area contributed by atoms with Crippen LogP contribution in [-0.2, 0) is 11.3 Å². The first-order valence-corrected chi connectivity index (χ1v) is 5.17. The first-order valence-electron chi connectivity index (χ1n) is 4.79. The standard InChI is InChI=1S/C11H16ClNO2/c1-6-7(2)11(14)9(4-5-15-13)8(3)10(6)12/h14H,4-5,13H2,1-3H3. The molecule has 0 spiro atoms. The van der Waals surface area contributed by atoms with Crippen molar-refractivity contribution in [3.63, 3.8) is 0 Å². The number of halogens is 1. The molecule has 0 atom stereocenters. The molecule has 0 radical (unpaired) electrons. The molecule has 0 aliphatic rings. The van der Waals surface area contributed by atoms with Crippen LogP contribution in [0.1, 0.15) is 22.3 Å². The van der Waals surface area contributed by atoms with Crippen LogP contribution in [0, 0.1) is 20.8 Å². The molecule has 1 aromatic rings. The zero-order chi connectivity index (χ0) is 11.6. The molecule has 0 aliphatic carbocycles. The first-order chi connectivity index (χ1) is 7.00. The van der Waals surface area contributed by atoms with Crippen LogP contribution in [0.15, 0.2) is 0 Å². The highest BCUT2D eigenvalue weighted by atomic mass is 35.5. The number of phenolic OH excluding ortho intramolecular Hbond substituents is 1. The van der Waals surface area contributed by atoms with Crippen LogP contribution in [0.5, 0.6) is 5.75 Å². The predicted octanol–water partition coefficient (Wildman–Crippen LogP) is 2.40. The summed E-state index contributed by atoms with van der Waals surface area (Å²) in [5.41, 5.74) is 3.45. The Kier molecular flexibility index (Phi) is 3.97. The Morgan fingerprint density at radius 3 is 2.33 bits per heavy atom. The maximum atomic E-state index is 9.96. The number of hydrogen-bond acceptors (Lipinski definition) is 3. The predicted molar refractivity (Wildman–Crippen MR) is 61.2 cm³/mol. The molecule has 0 saturated heterocycles. The van der Waals surface area contributed by atoms with Crippen molar-refractivity contribution < 1.29 is 9.94 Å². The molecule has 1 rings (SSSR count). The number of phenols is 1. The lowest BCUT2D eigenvalue weighted by Gasteiger charge is -2.15. The Morgan fingerprint density at radius 1 is 1.20 bits per heavy atom. The maximum absolute atomic E-state index is 9.96. The van der Waals surface area contributed by atoms with E-state index in [1.807, 2.05) is 20.8 Å². The summed E-state index contributed by atoms with van der Waals surface area (Å²) < 4.78 is 0. The van der Waals surface area contributed by atoms with E-state index in [1.165, 1.54) is 0 Å². The monoisotopic (exact) mass is 229 g/mol. The summed E-state index contributed by atoms with van der Waals surface area (Å²) in [6.07, 6.45) is 0.564. The number of rotatable bonds is 3. The molecule has 0 heterocycles. The normalized spacial score (nSPS) is 10.7. The molecule has 84 valence electrons. The molecule has 1 aromatic carbocycles. The molecule has 0 bridgehead atoms. The maximum Gasteiger partial charge on any atom is 0.122 e. The van der Waals surface area contributed by atoms with E-state index in [2.05, 4.69) is 4.84 Å². The van der Waals surface area contributed by atoms with E-state index in [9.17, 15) is 5.11 Å². The van der Waals surface area contributed by atoms with E-state index in [4.69, 9.17) is 17.5 Å². The largest absolute Gasteiger partial charge is 0.507 e. The fourth-order valence-electron chi connectivity index (χ4n) is 1.63. The zero-order valence-electron chi connectivity index (χ0n) is 9.22. The Labute approximate surface area is 94.8 Å². The molecule has 0 aliphatic heterocycles. The van der Waals surface area contributed by atoms with Gasteiger partial charge in [0.2, 0.25) is 0 Å². The lowest BCUT2D eigenvalue weighted by molar-refractivity contribution is 0.140. The van der Waals surface area contributed by atoms with Crippen molar-refractivity contribution in [2.45, 2.75) is 27.2 Å². The van der Waals surface area contributed by atoms with Gasteiger partial charge in [0.25, 0.3) is 0 Å². The third kappa shape index (κ3) is 2.25. The quantitative estimate of drug-likeness (QED) is 0.783. The van der Waals surface area contributed by atoms with Crippen LogP contribution in [0.2, 0.25) is 5.02 Å². The smallest absolute Gasteiger partial charge is 0.122 e. The highest BCUT2D eigenvalue weighted by Crippen LogP contribution is 2.35. The van der Waals surface area contributed by atoms with E-state index in [1.54, 1.807) is 0 Å². The van der Waals surface area contributed by atoms with Crippen LogP contribution < -0.4 is 5.90 Å². The fraction of sp³-hybridized carbons (Fsp3) is 0.455. The van der Waals surface area contributed by atoms with E-state index in [0.29, 0.717) is 23.8 Å². The minimum Gasteiger partial charge on any atom is -0.507 e. The van der Waals surface area contributed by atoms with Crippen molar-refractivity contribution in [1.29, 1.82) is 0 Å². The fourth-order valence-corrected chi connectivity index (χ4v) is 1.88. The lowest BCUT2D eigenvalue weighted by atomic mass is 9.97. The molecule has 0 fully saturated rings. The summed E-state index contributed by atoms with van der Waals surface area (Å²) in [6.45, 7) is 6.00. The van der Waals surface area contributed by atoms with Crippen LogP contribution in [0.3, 0.4) is 0 Å². The van der Waals surface area contributed by atoms with Crippen molar-refractivity contribution in [3.05, 3.63) is 27.3 Å². The van der Waals surface area contributed by atoms with E-state index in [0.717, 1.165) is 22.3 Å². The summed E-state index contributed by atoms with van der Waals surface area (Å²) in [5, 5.41) is 10.7. The molecule has 0 unspecified atom stereocenters. The Bertz CT molecular complexity index is 348. The van der Waals surface area contributed by atoms with Gasteiger partial charge in [0, 0.05) is 17.0 Å². The zero-order valence-corrected chi connectivity index (χ0v) is 9.98. The second kappa shape index (κ2) is 4.84. The third-order valence-electron chi connectivity index (χ3n) is 2.78. The van der Waals surface area contributed by atoms with Crippen molar-refractivity contribution in [2.75, 3.05) is 6.61 Å². The van der Waals surface area contributed by atoms with Gasteiger partial charge in [-0.1, -0.05) is 11.6 Å². The van der Waals surface area contributed by atoms with Crippen molar-refractivity contribution in [1.82, 2.24) is 0 Å². The summed E-state index contributed by atoms with van der Waals surface area (Å²) in [6, 6.07) is 0. The number of aromatic hydroxyl groups is 1. The highest BCUT2D eigenvalue weighted by Gasteiger charge is 2.15. The van der Waals surface area contributed by atoms with Crippen LogP contribution in [-0.4, -0.2) is 11.7 Å². The molecule has 4 heteroatoms. The highest BCUT2D eigenvalue weighted by molar-refractivity contribution is 6.32. The van der Waals surface area contributed by atoms with Gasteiger partial charge in [-0.05, 0) is 37.5 Å². The summed E-state index contributed by atoms with van der Waals surface area (Å²) in [4.78, 5) is 4.51. The van der Waals surface area contributed by atoms with Crippen LogP contribution >= 0.6 is 11.6 Å². The molecule has 3 N–H and O–H groups in total. The molecular formula is C11H16ClNO2. The number of benzene rings is 1. The molecule has 0 saturated carbocycles. The van der Waals surface area contributed by atoms with E-state index >= 15 is 0 Å². The molecule has 3 nitrogen and oxygen atoms in total. The van der Waals surface area contributed by atoms with Crippen molar-refractivity contribution >= 4 is 11.6 Å². The molecule has 0 amide bonds. The topological polar surface area (TPSA) is 55.5 Å². The molecule has 0 aromatic heterocycles. The van der Waals surface area contributed by atoms with Gasteiger partial charge in [0.1, 0.15) is 5.75 Å². The van der Waals surface area contributed by atoms with Gasteiger partial charge in [-0.25, -0.2) is 5.90 Å². The average molecular weight is 230 g/mol. The molecule has 15 heavy (non-hydrogen) atoms. The van der Waals surface area contributed by atoms with Gasteiger partial charge in [0.15, 0.2) is 0 Å². The summed E-state index contributed by atoms with van der Waals surface area (Å²) in [7, 11) is 0. The lowest BCUT2D eigenvalue weighted by Crippen LogP contribution is -2.06. The van der Waals surface area contributed by atoms with E-state index in [-0.39, 0.29) is 0 Å². The van der Waals surface area contributed by atoms with Crippen LogP contribution in [0.4, 0.5) is 0 Å². The summed E-state index contributed by atoms with van der Waals surface area (Å²) >= 11 is 6.16. The van der Waals surface area contributed by atoms with Crippen LogP contribution in [0.25, 0.3) is 0 Å². The van der Waals surface area contributed by atoms with Crippen molar-refractivity contribution in [2.24, 2.45) is 5.90 Å². The Morgan fingerprint density at radius 2 is 1.80 bits per heavy atom. The third-order valence-corrected chi connectivity index (χ3v) is 3.35. The molecular weight excluding hydrogens is 214 g/mol. The summed E-state index contributed by atoms with van der Waals surface area (Å²) in [5.74, 6) is 5.27. The number of nitrogens with two attached hydrogens (primary N) is 1. The number of hydrogen-bond donors (Lipinski definition) is 2. The van der Waals surface area contributed by atoms with Crippen molar-refractivity contribution in [3.8, 4) is 5.75 Å².